The predicted octanol–water partition coefficient (Wildman–Crippen LogP) is 3.00. The second-order valence-electron chi connectivity index (χ2n) is 4.99. The fraction of sp³-hybridized carbons (Fsp3) is 0.600. The normalized spacial score (nSPS) is 24.8. The van der Waals surface area contributed by atoms with Crippen molar-refractivity contribution in [2.75, 3.05) is 13.2 Å². The Morgan fingerprint density at radius 2 is 1.76 bits per heavy atom. The summed E-state index contributed by atoms with van der Waals surface area (Å²) in [5, 5.41) is 9.32. The lowest BCUT2D eigenvalue weighted by Gasteiger charge is -2.29. The van der Waals surface area contributed by atoms with E-state index in [0.717, 1.165) is 13.0 Å². The third-order valence-corrected chi connectivity index (χ3v) is 3.74. The fourth-order valence-corrected chi connectivity index (χ4v) is 2.65. The molecule has 0 aromatic heterocycles. The highest BCUT2D eigenvalue weighted by Crippen LogP contribution is 2.29. The Kier molecular flexibility index (Phi) is 5.02. The van der Waals surface area contributed by atoms with Gasteiger partial charge >= 0.3 is 0 Å². The zero-order valence-electron chi connectivity index (χ0n) is 10.3. The molecule has 0 saturated heterocycles. The molecule has 0 unspecified atom stereocenters. The summed E-state index contributed by atoms with van der Waals surface area (Å²) in [5.74, 6) is 1.01. The summed E-state index contributed by atoms with van der Waals surface area (Å²) in [4.78, 5) is 0. The Morgan fingerprint density at radius 3 is 2.47 bits per heavy atom. The van der Waals surface area contributed by atoms with Gasteiger partial charge in [0.2, 0.25) is 0 Å². The van der Waals surface area contributed by atoms with Crippen LogP contribution in [-0.2, 0) is 11.3 Å². The SMILES string of the molecule is OC[C@@H]1CCCC[C@@H]1COCc1ccccc1. The second-order valence-corrected chi connectivity index (χ2v) is 4.99. The van der Waals surface area contributed by atoms with E-state index in [0.29, 0.717) is 25.0 Å². The van der Waals surface area contributed by atoms with Crippen LogP contribution in [0.1, 0.15) is 31.2 Å². The summed E-state index contributed by atoms with van der Waals surface area (Å²) >= 11 is 0. The number of hydrogen-bond acceptors (Lipinski definition) is 2. The highest BCUT2D eigenvalue weighted by Gasteiger charge is 2.24. The minimum absolute atomic E-state index is 0.319. The van der Waals surface area contributed by atoms with Crippen molar-refractivity contribution in [1.29, 1.82) is 0 Å². The van der Waals surface area contributed by atoms with Crippen LogP contribution in [-0.4, -0.2) is 18.3 Å². The van der Waals surface area contributed by atoms with Crippen LogP contribution >= 0.6 is 0 Å². The Bertz CT molecular complexity index is 310. The molecule has 1 aromatic rings. The summed E-state index contributed by atoms with van der Waals surface area (Å²) in [5.41, 5.74) is 1.23. The Balaban J connectivity index is 1.74. The van der Waals surface area contributed by atoms with Gasteiger partial charge in [0.1, 0.15) is 0 Å². The van der Waals surface area contributed by atoms with Crippen molar-refractivity contribution in [2.24, 2.45) is 11.8 Å². The van der Waals surface area contributed by atoms with Crippen molar-refractivity contribution >= 4 is 0 Å². The molecule has 1 aliphatic carbocycles. The largest absolute Gasteiger partial charge is 0.396 e. The van der Waals surface area contributed by atoms with Crippen molar-refractivity contribution in [3.63, 3.8) is 0 Å². The molecular formula is C15H22O2. The predicted molar refractivity (Wildman–Crippen MR) is 68.6 cm³/mol. The summed E-state index contributed by atoms with van der Waals surface area (Å²) in [6.45, 7) is 1.80. The zero-order valence-corrected chi connectivity index (χ0v) is 10.3. The van der Waals surface area contributed by atoms with Crippen molar-refractivity contribution in [3.8, 4) is 0 Å². The molecular weight excluding hydrogens is 212 g/mol. The molecule has 1 saturated carbocycles. The molecule has 2 nitrogen and oxygen atoms in total. The molecule has 17 heavy (non-hydrogen) atoms. The van der Waals surface area contributed by atoms with Gasteiger partial charge in [0.05, 0.1) is 13.2 Å². The fourth-order valence-electron chi connectivity index (χ4n) is 2.65. The van der Waals surface area contributed by atoms with E-state index in [9.17, 15) is 5.11 Å². The van der Waals surface area contributed by atoms with Crippen LogP contribution in [0, 0.1) is 11.8 Å². The molecule has 2 heteroatoms. The van der Waals surface area contributed by atoms with Crippen LogP contribution in [0.3, 0.4) is 0 Å². The molecule has 1 fully saturated rings. The standard InChI is InChI=1S/C15H22O2/c16-10-14-8-4-5-9-15(14)12-17-11-13-6-2-1-3-7-13/h1-3,6-7,14-16H,4-5,8-12H2/t14-,15+/m0/s1. The van der Waals surface area contributed by atoms with E-state index in [-0.39, 0.29) is 0 Å². The average Bonchev–Trinajstić information content (AvgIpc) is 2.40. The molecule has 1 N–H and O–H groups in total. The van der Waals surface area contributed by atoms with Gasteiger partial charge < -0.3 is 9.84 Å². The molecule has 0 spiro atoms. The van der Waals surface area contributed by atoms with Gasteiger partial charge in [-0.3, -0.25) is 0 Å². The molecule has 0 heterocycles. The summed E-state index contributed by atoms with van der Waals surface area (Å²) < 4.78 is 5.78. The minimum Gasteiger partial charge on any atom is -0.396 e. The maximum Gasteiger partial charge on any atom is 0.0717 e. The maximum absolute atomic E-state index is 9.32. The Hall–Kier alpha value is -0.860. The molecule has 0 amide bonds. The van der Waals surface area contributed by atoms with Gasteiger partial charge in [0.25, 0.3) is 0 Å². The van der Waals surface area contributed by atoms with E-state index in [2.05, 4.69) is 12.1 Å². The molecule has 0 radical (unpaired) electrons. The summed E-state index contributed by atoms with van der Waals surface area (Å²) in [7, 11) is 0. The molecule has 2 atom stereocenters. The monoisotopic (exact) mass is 234 g/mol. The van der Waals surface area contributed by atoms with Gasteiger partial charge in [0, 0.05) is 6.61 Å². The number of aliphatic hydroxyl groups excluding tert-OH is 1. The van der Waals surface area contributed by atoms with Gasteiger partial charge in [-0.05, 0) is 30.2 Å². The lowest BCUT2D eigenvalue weighted by atomic mass is 9.80. The van der Waals surface area contributed by atoms with Crippen molar-refractivity contribution in [2.45, 2.75) is 32.3 Å². The third-order valence-electron chi connectivity index (χ3n) is 3.74. The van der Waals surface area contributed by atoms with E-state index >= 15 is 0 Å². The Labute approximate surface area is 104 Å². The first-order valence-corrected chi connectivity index (χ1v) is 6.62. The minimum atomic E-state index is 0.319. The number of hydrogen-bond donors (Lipinski definition) is 1. The first kappa shape index (κ1) is 12.6. The van der Waals surface area contributed by atoms with Crippen LogP contribution < -0.4 is 0 Å². The second kappa shape index (κ2) is 6.77. The molecule has 2 rings (SSSR count). The van der Waals surface area contributed by atoms with Gasteiger partial charge in [-0.25, -0.2) is 0 Å². The van der Waals surface area contributed by atoms with Gasteiger partial charge in [0.15, 0.2) is 0 Å². The highest BCUT2D eigenvalue weighted by molar-refractivity contribution is 5.13. The average molecular weight is 234 g/mol. The van der Waals surface area contributed by atoms with Crippen LogP contribution in [0.2, 0.25) is 0 Å². The summed E-state index contributed by atoms with van der Waals surface area (Å²) in [6.07, 6.45) is 4.92. The first-order valence-electron chi connectivity index (χ1n) is 6.62. The number of aliphatic hydroxyl groups is 1. The van der Waals surface area contributed by atoms with E-state index in [1.807, 2.05) is 18.2 Å². The molecule has 94 valence electrons. The molecule has 0 aliphatic heterocycles. The van der Waals surface area contributed by atoms with Crippen LogP contribution in [0.4, 0.5) is 0 Å². The van der Waals surface area contributed by atoms with Crippen LogP contribution in [0.15, 0.2) is 30.3 Å². The van der Waals surface area contributed by atoms with Crippen LogP contribution in [0.25, 0.3) is 0 Å². The number of rotatable bonds is 5. The topological polar surface area (TPSA) is 29.5 Å². The van der Waals surface area contributed by atoms with Crippen molar-refractivity contribution in [1.82, 2.24) is 0 Å². The van der Waals surface area contributed by atoms with Crippen molar-refractivity contribution < 1.29 is 9.84 Å². The lowest BCUT2D eigenvalue weighted by Crippen LogP contribution is -2.26. The van der Waals surface area contributed by atoms with Crippen molar-refractivity contribution in [3.05, 3.63) is 35.9 Å². The van der Waals surface area contributed by atoms with E-state index in [1.165, 1.54) is 24.8 Å². The quantitative estimate of drug-likeness (QED) is 0.848. The number of benzene rings is 1. The maximum atomic E-state index is 9.32. The Morgan fingerprint density at radius 1 is 1.06 bits per heavy atom. The molecule has 1 aromatic carbocycles. The highest BCUT2D eigenvalue weighted by atomic mass is 16.5. The number of ether oxygens (including phenoxy) is 1. The van der Waals surface area contributed by atoms with E-state index < -0.39 is 0 Å². The van der Waals surface area contributed by atoms with E-state index in [1.54, 1.807) is 0 Å². The molecule has 1 aliphatic rings. The third kappa shape index (κ3) is 3.83. The molecule has 0 bridgehead atoms. The van der Waals surface area contributed by atoms with Gasteiger partial charge in [-0.2, -0.15) is 0 Å². The van der Waals surface area contributed by atoms with Gasteiger partial charge in [-0.1, -0.05) is 43.2 Å². The van der Waals surface area contributed by atoms with Gasteiger partial charge in [-0.15, -0.1) is 0 Å². The first-order chi connectivity index (χ1) is 8.40. The smallest absolute Gasteiger partial charge is 0.0717 e. The van der Waals surface area contributed by atoms with E-state index in [4.69, 9.17) is 4.74 Å². The zero-order chi connectivity index (χ0) is 11.9. The lowest BCUT2D eigenvalue weighted by molar-refractivity contribution is 0.0310. The summed E-state index contributed by atoms with van der Waals surface area (Å²) in [6, 6.07) is 10.3. The van der Waals surface area contributed by atoms with Crippen LogP contribution in [0.5, 0.6) is 0 Å².